The maximum atomic E-state index is 5.91. The van der Waals surface area contributed by atoms with E-state index in [1.54, 1.807) is 0 Å². The monoisotopic (exact) mass is 368 g/mol. The second-order valence-electron chi connectivity index (χ2n) is 4.32. The minimum absolute atomic E-state index is 0.838. The van der Waals surface area contributed by atoms with Crippen LogP contribution in [0, 0.1) is 13.8 Å². The van der Waals surface area contributed by atoms with Crippen LogP contribution >= 0.6 is 31.9 Å². The first-order valence-corrected chi connectivity index (χ1v) is 7.60. The average molecular weight is 370 g/mol. The van der Waals surface area contributed by atoms with Crippen molar-refractivity contribution in [2.24, 2.45) is 0 Å². The molecule has 0 aliphatic heterocycles. The Morgan fingerprint density at radius 3 is 2.22 bits per heavy atom. The van der Waals surface area contributed by atoms with Crippen molar-refractivity contribution in [1.82, 2.24) is 0 Å². The van der Waals surface area contributed by atoms with E-state index in [1.807, 2.05) is 18.2 Å². The van der Waals surface area contributed by atoms with E-state index < -0.39 is 0 Å². The summed E-state index contributed by atoms with van der Waals surface area (Å²) < 4.78 is 6.88. The number of ether oxygens (including phenoxy) is 1. The van der Waals surface area contributed by atoms with Gasteiger partial charge in [-0.25, -0.2) is 0 Å². The van der Waals surface area contributed by atoms with Gasteiger partial charge in [0.1, 0.15) is 11.5 Å². The SMILES string of the molecule is Cc1cc(C)cc(Oc2ccc(CBr)cc2Br)c1. The van der Waals surface area contributed by atoms with E-state index in [2.05, 4.69) is 63.9 Å². The summed E-state index contributed by atoms with van der Waals surface area (Å²) in [5.41, 5.74) is 3.63. The molecule has 0 radical (unpaired) electrons. The van der Waals surface area contributed by atoms with Crippen molar-refractivity contribution in [3.05, 3.63) is 57.6 Å². The molecule has 2 aromatic carbocycles. The Kier molecular flexibility index (Phi) is 4.46. The molecule has 0 aliphatic carbocycles. The summed E-state index contributed by atoms with van der Waals surface area (Å²) >= 11 is 6.98. The molecule has 3 heteroatoms. The third-order valence-corrected chi connectivity index (χ3v) is 3.84. The maximum absolute atomic E-state index is 5.91. The molecule has 0 atom stereocenters. The molecule has 94 valence electrons. The molecule has 0 spiro atoms. The van der Waals surface area contributed by atoms with Crippen molar-refractivity contribution in [1.29, 1.82) is 0 Å². The molecule has 0 aliphatic rings. The number of hydrogen-bond acceptors (Lipinski definition) is 1. The van der Waals surface area contributed by atoms with E-state index in [9.17, 15) is 0 Å². The van der Waals surface area contributed by atoms with Crippen LogP contribution in [-0.4, -0.2) is 0 Å². The Balaban J connectivity index is 2.28. The highest BCUT2D eigenvalue weighted by Crippen LogP contribution is 2.31. The summed E-state index contributed by atoms with van der Waals surface area (Å²) in [6, 6.07) is 12.3. The van der Waals surface area contributed by atoms with Crippen LogP contribution in [0.25, 0.3) is 0 Å². The molecule has 0 heterocycles. The van der Waals surface area contributed by atoms with Crippen molar-refractivity contribution >= 4 is 31.9 Å². The fraction of sp³-hybridized carbons (Fsp3) is 0.200. The van der Waals surface area contributed by atoms with E-state index in [0.29, 0.717) is 0 Å². The number of halogens is 2. The van der Waals surface area contributed by atoms with E-state index in [0.717, 1.165) is 21.3 Å². The fourth-order valence-corrected chi connectivity index (χ4v) is 2.68. The number of hydrogen-bond donors (Lipinski definition) is 0. The summed E-state index contributed by atoms with van der Waals surface area (Å²) in [6.07, 6.45) is 0. The van der Waals surface area contributed by atoms with Gasteiger partial charge in [-0.2, -0.15) is 0 Å². The van der Waals surface area contributed by atoms with Gasteiger partial charge in [0.15, 0.2) is 0 Å². The number of benzene rings is 2. The second kappa shape index (κ2) is 5.89. The molecule has 0 fully saturated rings. The molecule has 0 bridgehead atoms. The van der Waals surface area contributed by atoms with E-state index in [-0.39, 0.29) is 0 Å². The zero-order valence-electron chi connectivity index (χ0n) is 10.3. The Morgan fingerprint density at radius 2 is 1.67 bits per heavy atom. The van der Waals surface area contributed by atoms with E-state index >= 15 is 0 Å². The summed E-state index contributed by atoms with van der Waals surface area (Å²) in [6.45, 7) is 4.14. The van der Waals surface area contributed by atoms with Gasteiger partial charge in [0.25, 0.3) is 0 Å². The van der Waals surface area contributed by atoms with Crippen molar-refractivity contribution in [3.8, 4) is 11.5 Å². The molecule has 0 saturated heterocycles. The highest BCUT2D eigenvalue weighted by Gasteiger charge is 2.04. The predicted molar refractivity (Wildman–Crippen MR) is 82.8 cm³/mol. The largest absolute Gasteiger partial charge is 0.456 e. The van der Waals surface area contributed by atoms with Crippen LogP contribution in [0.4, 0.5) is 0 Å². The maximum Gasteiger partial charge on any atom is 0.141 e. The van der Waals surface area contributed by atoms with Crippen LogP contribution in [-0.2, 0) is 5.33 Å². The van der Waals surface area contributed by atoms with Gasteiger partial charge >= 0.3 is 0 Å². The smallest absolute Gasteiger partial charge is 0.141 e. The van der Waals surface area contributed by atoms with Gasteiger partial charge in [0, 0.05) is 5.33 Å². The summed E-state index contributed by atoms with van der Waals surface area (Å²) in [7, 11) is 0. The quantitative estimate of drug-likeness (QED) is 0.625. The van der Waals surface area contributed by atoms with Crippen molar-refractivity contribution in [2.45, 2.75) is 19.2 Å². The Morgan fingerprint density at radius 1 is 1.00 bits per heavy atom. The van der Waals surface area contributed by atoms with Gasteiger partial charge in [-0.15, -0.1) is 0 Å². The molecule has 0 saturated carbocycles. The van der Waals surface area contributed by atoms with Gasteiger partial charge in [0.05, 0.1) is 4.47 Å². The fourth-order valence-electron chi connectivity index (χ4n) is 1.83. The molecule has 1 nitrogen and oxygen atoms in total. The van der Waals surface area contributed by atoms with E-state index in [1.165, 1.54) is 16.7 Å². The van der Waals surface area contributed by atoms with Gasteiger partial charge < -0.3 is 4.74 Å². The minimum Gasteiger partial charge on any atom is -0.456 e. The van der Waals surface area contributed by atoms with Gasteiger partial charge in [-0.3, -0.25) is 0 Å². The number of aryl methyl sites for hydroxylation is 2. The lowest BCUT2D eigenvalue weighted by atomic mass is 10.1. The highest BCUT2D eigenvalue weighted by atomic mass is 79.9. The van der Waals surface area contributed by atoms with Crippen LogP contribution in [0.5, 0.6) is 11.5 Å². The van der Waals surface area contributed by atoms with Gasteiger partial charge in [0.2, 0.25) is 0 Å². The zero-order valence-corrected chi connectivity index (χ0v) is 13.5. The lowest BCUT2D eigenvalue weighted by molar-refractivity contribution is 0.478. The summed E-state index contributed by atoms with van der Waals surface area (Å²) in [5.74, 6) is 1.71. The molecule has 0 N–H and O–H groups in total. The highest BCUT2D eigenvalue weighted by molar-refractivity contribution is 9.10. The van der Waals surface area contributed by atoms with E-state index in [4.69, 9.17) is 4.74 Å². The molecule has 18 heavy (non-hydrogen) atoms. The van der Waals surface area contributed by atoms with Crippen molar-refractivity contribution < 1.29 is 4.74 Å². The van der Waals surface area contributed by atoms with Crippen LogP contribution in [0.15, 0.2) is 40.9 Å². The van der Waals surface area contributed by atoms with Crippen LogP contribution in [0.2, 0.25) is 0 Å². The third-order valence-electron chi connectivity index (χ3n) is 2.57. The number of rotatable bonds is 3. The zero-order chi connectivity index (χ0) is 13.1. The Hall–Kier alpha value is -0.800. The molecular formula is C15H14Br2O. The van der Waals surface area contributed by atoms with Crippen molar-refractivity contribution in [2.75, 3.05) is 0 Å². The molecule has 0 unspecified atom stereocenters. The van der Waals surface area contributed by atoms with Gasteiger partial charge in [-0.05, 0) is 70.7 Å². The molecule has 0 aromatic heterocycles. The minimum atomic E-state index is 0.838. The lowest BCUT2D eigenvalue weighted by Gasteiger charge is -2.10. The Bertz CT molecular complexity index is 544. The second-order valence-corrected chi connectivity index (χ2v) is 5.74. The van der Waals surface area contributed by atoms with Crippen LogP contribution < -0.4 is 4.74 Å². The Labute approximate surface area is 124 Å². The normalized spacial score (nSPS) is 10.4. The van der Waals surface area contributed by atoms with Crippen LogP contribution in [0.3, 0.4) is 0 Å². The third kappa shape index (κ3) is 3.36. The molecule has 2 rings (SSSR count). The average Bonchev–Trinajstić information content (AvgIpc) is 2.30. The molecular weight excluding hydrogens is 356 g/mol. The molecule has 2 aromatic rings. The molecule has 0 amide bonds. The standard InChI is InChI=1S/C15H14Br2O/c1-10-5-11(2)7-13(6-10)18-15-4-3-12(9-16)8-14(15)17/h3-8H,9H2,1-2H3. The lowest BCUT2D eigenvalue weighted by Crippen LogP contribution is -1.88. The predicted octanol–water partition coefficient (Wildman–Crippen LogP) is 5.75. The topological polar surface area (TPSA) is 9.23 Å². The number of alkyl halides is 1. The van der Waals surface area contributed by atoms with Crippen LogP contribution in [0.1, 0.15) is 16.7 Å². The first-order chi connectivity index (χ1) is 8.58. The first-order valence-electron chi connectivity index (χ1n) is 5.69. The summed E-state index contributed by atoms with van der Waals surface area (Å²) in [4.78, 5) is 0. The first kappa shape index (κ1) is 13.6. The van der Waals surface area contributed by atoms with Gasteiger partial charge in [-0.1, -0.05) is 28.1 Å². The summed E-state index contributed by atoms with van der Waals surface area (Å²) in [5, 5.41) is 0.843. The van der Waals surface area contributed by atoms with Crippen molar-refractivity contribution in [3.63, 3.8) is 0 Å².